The molecule has 1 saturated heterocycles. The van der Waals surface area contributed by atoms with Crippen LogP contribution >= 0.6 is 0 Å². The molecule has 4 heteroatoms. The topological polar surface area (TPSA) is 46.6 Å². The van der Waals surface area contributed by atoms with Gasteiger partial charge < -0.3 is 9.64 Å². The van der Waals surface area contributed by atoms with E-state index in [9.17, 15) is 9.59 Å². The number of hydrogen-bond acceptors (Lipinski definition) is 3. The molecule has 3 rings (SSSR count). The van der Waals surface area contributed by atoms with Gasteiger partial charge in [-0.25, -0.2) is 4.79 Å². The number of esters is 1. The van der Waals surface area contributed by atoms with Crippen LogP contribution in [0.2, 0.25) is 0 Å². The number of rotatable bonds is 6. The van der Waals surface area contributed by atoms with E-state index in [1.807, 2.05) is 42.5 Å². The summed E-state index contributed by atoms with van der Waals surface area (Å²) in [4.78, 5) is 27.2. The standard InChI is InChI=1S/C21H25NO3/c1-2-3-6-15-25-21(24)19-13-8-14-22(19)20(23)18-12-7-10-16-9-4-5-11-17(16)18/h4-5,7,9-12,19H,2-3,6,8,13-15H2,1H3. The molecule has 1 heterocycles. The lowest BCUT2D eigenvalue weighted by atomic mass is 10.0. The average Bonchev–Trinajstić information content (AvgIpc) is 3.14. The first kappa shape index (κ1) is 17.5. The molecule has 2 aromatic rings. The summed E-state index contributed by atoms with van der Waals surface area (Å²) in [6.45, 7) is 3.17. The fourth-order valence-electron chi connectivity index (χ4n) is 3.44. The third-order valence-corrected chi connectivity index (χ3v) is 4.80. The summed E-state index contributed by atoms with van der Waals surface area (Å²) in [5.41, 5.74) is 0.656. The Bertz CT molecular complexity index is 750. The maximum absolute atomic E-state index is 13.1. The van der Waals surface area contributed by atoms with Gasteiger partial charge in [0.25, 0.3) is 5.91 Å². The van der Waals surface area contributed by atoms with Crippen molar-refractivity contribution in [1.82, 2.24) is 4.90 Å². The smallest absolute Gasteiger partial charge is 0.328 e. The van der Waals surface area contributed by atoms with Crippen molar-refractivity contribution in [2.75, 3.05) is 13.2 Å². The molecular weight excluding hydrogens is 314 g/mol. The van der Waals surface area contributed by atoms with Crippen molar-refractivity contribution in [2.24, 2.45) is 0 Å². The number of carbonyl (C=O) groups excluding carboxylic acids is 2. The number of hydrogen-bond donors (Lipinski definition) is 0. The van der Waals surface area contributed by atoms with Gasteiger partial charge in [0.15, 0.2) is 0 Å². The predicted octanol–water partition coefficient (Wildman–Crippen LogP) is 4.18. The van der Waals surface area contributed by atoms with E-state index in [4.69, 9.17) is 4.74 Å². The summed E-state index contributed by atoms with van der Waals surface area (Å²) < 4.78 is 5.40. The maximum Gasteiger partial charge on any atom is 0.328 e. The quantitative estimate of drug-likeness (QED) is 0.586. The highest BCUT2D eigenvalue weighted by molar-refractivity contribution is 6.08. The Kier molecular flexibility index (Phi) is 5.69. The molecular formula is C21H25NO3. The van der Waals surface area contributed by atoms with E-state index in [0.717, 1.165) is 36.5 Å². The molecule has 0 bridgehead atoms. The van der Waals surface area contributed by atoms with Crippen molar-refractivity contribution in [3.8, 4) is 0 Å². The minimum atomic E-state index is -0.451. The SMILES string of the molecule is CCCCCOC(=O)C1CCCN1C(=O)c1cccc2ccccc12. The van der Waals surface area contributed by atoms with E-state index in [1.165, 1.54) is 0 Å². The van der Waals surface area contributed by atoms with Crippen molar-refractivity contribution in [3.63, 3.8) is 0 Å². The molecule has 1 amide bonds. The van der Waals surface area contributed by atoms with Gasteiger partial charge in [0, 0.05) is 12.1 Å². The van der Waals surface area contributed by atoms with E-state index >= 15 is 0 Å². The van der Waals surface area contributed by atoms with E-state index < -0.39 is 6.04 Å². The molecule has 1 aliphatic rings. The Hall–Kier alpha value is -2.36. The first-order chi connectivity index (χ1) is 12.2. The third-order valence-electron chi connectivity index (χ3n) is 4.80. The molecule has 25 heavy (non-hydrogen) atoms. The molecule has 4 nitrogen and oxygen atoms in total. The number of fused-ring (bicyclic) bond motifs is 1. The van der Waals surface area contributed by atoms with E-state index in [0.29, 0.717) is 25.1 Å². The number of nitrogens with zero attached hydrogens (tertiary/aromatic N) is 1. The van der Waals surface area contributed by atoms with Crippen LogP contribution in [0.5, 0.6) is 0 Å². The third kappa shape index (κ3) is 3.84. The van der Waals surface area contributed by atoms with Gasteiger partial charge in [-0.1, -0.05) is 56.2 Å². The highest BCUT2D eigenvalue weighted by atomic mass is 16.5. The summed E-state index contributed by atoms with van der Waals surface area (Å²) >= 11 is 0. The van der Waals surface area contributed by atoms with Gasteiger partial charge >= 0.3 is 5.97 Å². The number of likely N-dealkylation sites (tertiary alicyclic amines) is 1. The molecule has 132 valence electrons. The second-order valence-corrected chi connectivity index (χ2v) is 6.56. The molecule has 1 fully saturated rings. The zero-order valence-electron chi connectivity index (χ0n) is 14.7. The number of carbonyl (C=O) groups is 2. The highest BCUT2D eigenvalue weighted by Crippen LogP contribution is 2.25. The molecule has 1 unspecified atom stereocenters. The van der Waals surface area contributed by atoms with Gasteiger partial charge in [-0.05, 0) is 36.1 Å². The summed E-state index contributed by atoms with van der Waals surface area (Å²) in [7, 11) is 0. The van der Waals surface area contributed by atoms with Crippen LogP contribution < -0.4 is 0 Å². The van der Waals surface area contributed by atoms with E-state index in [-0.39, 0.29) is 11.9 Å². The van der Waals surface area contributed by atoms with Crippen molar-refractivity contribution in [1.29, 1.82) is 0 Å². The van der Waals surface area contributed by atoms with Crippen molar-refractivity contribution >= 4 is 22.6 Å². The molecule has 0 aromatic heterocycles. The largest absolute Gasteiger partial charge is 0.464 e. The normalized spacial score (nSPS) is 17.0. The van der Waals surface area contributed by atoms with Crippen molar-refractivity contribution < 1.29 is 14.3 Å². The van der Waals surface area contributed by atoms with Crippen LogP contribution in [0, 0.1) is 0 Å². The highest BCUT2D eigenvalue weighted by Gasteiger charge is 2.36. The molecule has 0 aliphatic carbocycles. The lowest BCUT2D eigenvalue weighted by Gasteiger charge is -2.24. The summed E-state index contributed by atoms with van der Waals surface area (Å²) in [6.07, 6.45) is 4.55. The summed E-state index contributed by atoms with van der Waals surface area (Å²) in [5, 5.41) is 1.96. The van der Waals surface area contributed by atoms with Crippen molar-refractivity contribution in [2.45, 2.75) is 45.1 Å². The Morgan fingerprint density at radius 1 is 1.12 bits per heavy atom. The minimum absolute atomic E-state index is 0.0789. The number of amides is 1. The van der Waals surface area contributed by atoms with Gasteiger partial charge in [-0.15, -0.1) is 0 Å². The van der Waals surface area contributed by atoms with Gasteiger partial charge in [-0.2, -0.15) is 0 Å². The van der Waals surface area contributed by atoms with Gasteiger partial charge in [-0.3, -0.25) is 4.79 Å². The Morgan fingerprint density at radius 3 is 2.76 bits per heavy atom. The first-order valence-corrected chi connectivity index (χ1v) is 9.17. The molecule has 1 atom stereocenters. The molecule has 0 radical (unpaired) electrons. The van der Waals surface area contributed by atoms with Gasteiger partial charge in [0.05, 0.1) is 6.61 Å². The van der Waals surface area contributed by atoms with E-state index in [1.54, 1.807) is 4.90 Å². The van der Waals surface area contributed by atoms with Crippen LogP contribution in [0.15, 0.2) is 42.5 Å². The second kappa shape index (κ2) is 8.15. The van der Waals surface area contributed by atoms with Crippen LogP contribution in [0.1, 0.15) is 49.4 Å². The van der Waals surface area contributed by atoms with E-state index in [2.05, 4.69) is 6.92 Å². The number of unbranched alkanes of at least 4 members (excludes halogenated alkanes) is 2. The Labute approximate surface area is 148 Å². The Morgan fingerprint density at radius 2 is 1.92 bits per heavy atom. The zero-order chi connectivity index (χ0) is 17.6. The van der Waals surface area contributed by atoms with Crippen molar-refractivity contribution in [3.05, 3.63) is 48.0 Å². The fourth-order valence-corrected chi connectivity index (χ4v) is 3.44. The van der Waals surface area contributed by atoms with Crippen LogP contribution in [-0.2, 0) is 9.53 Å². The Balaban J connectivity index is 1.75. The summed E-state index contributed by atoms with van der Waals surface area (Å²) in [6, 6.07) is 13.1. The lowest BCUT2D eigenvalue weighted by Crippen LogP contribution is -2.41. The number of ether oxygens (including phenoxy) is 1. The molecule has 1 aliphatic heterocycles. The maximum atomic E-state index is 13.1. The molecule has 2 aromatic carbocycles. The lowest BCUT2D eigenvalue weighted by molar-refractivity contribution is -0.148. The predicted molar refractivity (Wildman–Crippen MR) is 98.5 cm³/mol. The summed E-state index contributed by atoms with van der Waals surface area (Å²) in [5.74, 6) is -0.341. The monoisotopic (exact) mass is 339 g/mol. The van der Waals surface area contributed by atoms with Gasteiger partial charge in [0.2, 0.25) is 0 Å². The van der Waals surface area contributed by atoms with Gasteiger partial charge in [0.1, 0.15) is 6.04 Å². The molecule has 0 spiro atoms. The molecule has 0 saturated carbocycles. The van der Waals surface area contributed by atoms with Crippen LogP contribution in [0.4, 0.5) is 0 Å². The second-order valence-electron chi connectivity index (χ2n) is 6.56. The first-order valence-electron chi connectivity index (χ1n) is 9.17. The van der Waals surface area contributed by atoms with Crippen LogP contribution in [0.25, 0.3) is 10.8 Å². The van der Waals surface area contributed by atoms with Crippen LogP contribution in [0.3, 0.4) is 0 Å². The minimum Gasteiger partial charge on any atom is -0.464 e. The molecule has 0 N–H and O–H groups in total. The fraction of sp³-hybridized carbons (Fsp3) is 0.429. The zero-order valence-corrected chi connectivity index (χ0v) is 14.7. The average molecular weight is 339 g/mol. The number of benzene rings is 2. The van der Waals surface area contributed by atoms with Crippen LogP contribution in [-0.4, -0.2) is 36.0 Å².